The van der Waals surface area contributed by atoms with Crippen LogP contribution in [-0.2, 0) is 4.74 Å². The van der Waals surface area contributed by atoms with E-state index in [1.807, 2.05) is 26.1 Å². The standard InChI is InChI=1S/C16H27FN2O/c1-5-20-11-10-19(4)9-8-16(18-3)14-7-6-13(2)15(17)12-14/h6-7,12,16,18H,5,8-11H2,1-4H3. The molecule has 1 aromatic rings. The summed E-state index contributed by atoms with van der Waals surface area (Å²) < 4.78 is 19.0. The first-order valence-corrected chi connectivity index (χ1v) is 7.28. The minimum atomic E-state index is -0.132. The van der Waals surface area contributed by atoms with E-state index in [9.17, 15) is 4.39 Å². The van der Waals surface area contributed by atoms with Gasteiger partial charge in [0.2, 0.25) is 0 Å². The predicted molar refractivity (Wildman–Crippen MR) is 81.5 cm³/mol. The van der Waals surface area contributed by atoms with E-state index >= 15 is 0 Å². The van der Waals surface area contributed by atoms with Crippen LogP contribution in [0.15, 0.2) is 18.2 Å². The van der Waals surface area contributed by atoms with Crippen LogP contribution in [0.5, 0.6) is 0 Å². The summed E-state index contributed by atoms with van der Waals surface area (Å²) in [6.45, 7) is 7.19. The smallest absolute Gasteiger partial charge is 0.126 e. The van der Waals surface area contributed by atoms with Crippen LogP contribution in [0.3, 0.4) is 0 Å². The van der Waals surface area contributed by atoms with Crippen LogP contribution in [0.1, 0.15) is 30.5 Å². The Kier molecular flexibility index (Phi) is 7.73. The van der Waals surface area contributed by atoms with E-state index in [2.05, 4.69) is 17.3 Å². The lowest BCUT2D eigenvalue weighted by Gasteiger charge is -2.22. The van der Waals surface area contributed by atoms with Crippen molar-refractivity contribution in [2.24, 2.45) is 0 Å². The van der Waals surface area contributed by atoms with Crippen molar-refractivity contribution in [2.75, 3.05) is 40.4 Å². The molecule has 0 fully saturated rings. The van der Waals surface area contributed by atoms with Gasteiger partial charge in [0.25, 0.3) is 0 Å². The molecule has 1 unspecified atom stereocenters. The van der Waals surface area contributed by atoms with Crippen LogP contribution in [0.25, 0.3) is 0 Å². The van der Waals surface area contributed by atoms with Crippen LogP contribution in [0.4, 0.5) is 4.39 Å². The minimum absolute atomic E-state index is 0.132. The molecule has 1 rings (SSSR count). The number of hydrogen-bond acceptors (Lipinski definition) is 3. The molecular weight excluding hydrogens is 255 g/mol. The van der Waals surface area contributed by atoms with Crippen LogP contribution in [-0.4, -0.2) is 45.3 Å². The highest BCUT2D eigenvalue weighted by Crippen LogP contribution is 2.19. The molecule has 0 aromatic heterocycles. The first-order chi connectivity index (χ1) is 9.58. The van der Waals surface area contributed by atoms with Gasteiger partial charge in [-0.25, -0.2) is 4.39 Å². The fourth-order valence-corrected chi connectivity index (χ4v) is 2.13. The predicted octanol–water partition coefficient (Wildman–Crippen LogP) is 2.75. The Morgan fingerprint density at radius 1 is 1.35 bits per heavy atom. The van der Waals surface area contributed by atoms with E-state index in [0.717, 1.165) is 38.3 Å². The Balaban J connectivity index is 2.48. The molecule has 4 heteroatoms. The van der Waals surface area contributed by atoms with E-state index in [1.165, 1.54) is 0 Å². The summed E-state index contributed by atoms with van der Waals surface area (Å²) in [6.07, 6.45) is 0.946. The molecule has 1 N–H and O–H groups in total. The number of halogens is 1. The number of nitrogens with one attached hydrogen (secondary N) is 1. The first-order valence-electron chi connectivity index (χ1n) is 7.28. The highest BCUT2D eigenvalue weighted by molar-refractivity contribution is 5.25. The molecule has 0 saturated carbocycles. The second-order valence-corrected chi connectivity index (χ2v) is 5.14. The number of aryl methyl sites for hydroxylation is 1. The van der Waals surface area contributed by atoms with Gasteiger partial charge >= 0.3 is 0 Å². The molecule has 0 radical (unpaired) electrons. The molecule has 20 heavy (non-hydrogen) atoms. The van der Waals surface area contributed by atoms with Crippen molar-refractivity contribution in [1.29, 1.82) is 0 Å². The van der Waals surface area contributed by atoms with Crippen molar-refractivity contribution in [1.82, 2.24) is 10.2 Å². The minimum Gasteiger partial charge on any atom is -0.380 e. The Morgan fingerprint density at radius 3 is 2.70 bits per heavy atom. The van der Waals surface area contributed by atoms with Crippen molar-refractivity contribution >= 4 is 0 Å². The summed E-state index contributed by atoms with van der Waals surface area (Å²) in [5.74, 6) is -0.132. The first kappa shape index (κ1) is 17.1. The zero-order chi connectivity index (χ0) is 15.0. The summed E-state index contributed by atoms with van der Waals surface area (Å²) in [7, 11) is 4.00. The van der Waals surface area contributed by atoms with Gasteiger partial charge in [0.15, 0.2) is 0 Å². The van der Waals surface area contributed by atoms with Crippen molar-refractivity contribution < 1.29 is 9.13 Å². The lowest BCUT2D eigenvalue weighted by molar-refractivity contribution is 0.121. The molecule has 0 aliphatic carbocycles. The van der Waals surface area contributed by atoms with Gasteiger partial charge in [-0.15, -0.1) is 0 Å². The normalized spacial score (nSPS) is 12.9. The van der Waals surface area contributed by atoms with Gasteiger partial charge in [0, 0.05) is 19.2 Å². The third-order valence-electron chi connectivity index (χ3n) is 3.57. The monoisotopic (exact) mass is 282 g/mol. The maximum Gasteiger partial charge on any atom is 0.126 e. The van der Waals surface area contributed by atoms with Crippen LogP contribution >= 0.6 is 0 Å². The van der Waals surface area contributed by atoms with E-state index in [4.69, 9.17) is 4.74 Å². The molecular formula is C16H27FN2O. The van der Waals surface area contributed by atoms with Gasteiger partial charge in [0.05, 0.1) is 6.61 Å². The molecule has 0 spiro atoms. The van der Waals surface area contributed by atoms with Crippen LogP contribution < -0.4 is 5.32 Å². The maximum absolute atomic E-state index is 13.6. The number of hydrogen-bond donors (Lipinski definition) is 1. The van der Waals surface area contributed by atoms with E-state index in [-0.39, 0.29) is 11.9 Å². The zero-order valence-electron chi connectivity index (χ0n) is 13.1. The fraction of sp³-hybridized carbons (Fsp3) is 0.625. The summed E-state index contributed by atoms with van der Waals surface area (Å²) >= 11 is 0. The molecule has 0 amide bonds. The Bertz CT molecular complexity index is 398. The lowest BCUT2D eigenvalue weighted by Crippen LogP contribution is -2.28. The lowest BCUT2D eigenvalue weighted by atomic mass is 10.0. The number of rotatable bonds is 9. The van der Waals surface area contributed by atoms with Gasteiger partial charge in [-0.05, 0) is 58.1 Å². The molecule has 3 nitrogen and oxygen atoms in total. The third kappa shape index (κ3) is 5.57. The molecule has 0 aliphatic heterocycles. The second-order valence-electron chi connectivity index (χ2n) is 5.14. The zero-order valence-corrected chi connectivity index (χ0v) is 13.1. The Labute approximate surface area is 122 Å². The van der Waals surface area contributed by atoms with Crippen molar-refractivity contribution in [2.45, 2.75) is 26.3 Å². The Hall–Kier alpha value is -0.970. The van der Waals surface area contributed by atoms with Gasteiger partial charge in [-0.2, -0.15) is 0 Å². The average Bonchev–Trinajstić information content (AvgIpc) is 2.43. The largest absolute Gasteiger partial charge is 0.380 e. The van der Waals surface area contributed by atoms with Crippen molar-refractivity contribution in [3.8, 4) is 0 Å². The molecule has 1 aromatic carbocycles. The van der Waals surface area contributed by atoms with Crippen molar-refractivity contribution in [3.05, 3.63) is 35.1 Å². The van der Waals surface area contributed by atoms with Crippen LogP contribution in [0.2, 0.25) is 0 Å². The molecule has 0 heterocycles. The fourth-order valence-electron chi connectivity index (χ4n) is 2.13. The van der Waals surface area contributed by atoms with E-state index in [1.54, 1.807) is 13.0 Å². The summed E-state index contributed by atoms with van der Waals surface area (Å²) in [6, 6.07) is 5.66. The van der Waals surface area contributed by atoms with Gasteiger partial charge in [0.1, 0.15) is 5.82 Å². The topological polar surface area (TPSA) is 24.5 Å². The molecule has 114 valence electrons. The highest BCUT2D eigenvalue weighted by atomic mass is 19.1. The summed E-state index contributed by atoms with van der Waals surface area (Å²) in [4.78, 5) is 2.24. The molecule has 0 saturated heterocycles. The van der Waals surface area contributed by atoms with Crippen molar-refractivity contribution in [3.63, 3.8) is 0 Å². The van der Waals surface area contributed by atoms with E-state index < -0.39 is 0 Å². The second kappa shape index (κ2) is 9.06. The van der Waals surface area contributed by atoms with Gasteiger partial charge in [-0.3, -0.25) is 0 Å². The maximum atomic E-state index is 13.6. The SMILES string of the molecule is CCOCCN(C)CCC(NC)c1ccc(C)c(F)c1. The van der Waals surface area contributed by atoms with Gasteiger partial charge in [-0.1, -0.05) is 12.1 Å². The van der Waals surface area contributed by atoms with Gasteiger partial charge < -0.3 is 15.0 Å². The molecule has 1 atom stereocenters. The number of likely N-dealkylation sites (N-methyl/N-ethyl adjacent to an activating group) is 1. The molecule has 0 bridgehead atoms. The average molecular weight is 282 g/mol. The quantitative estimate of drug-likeness (QED) is 0.705. The van der Waals surface area contributed by atoms with E-state index in [0.29, 0.717) is 5.56 Å². The summed E-state index contributed by atoms with van der Waals surface area (Å²) in [5.41, 5.74) is 1.70. The summed E-state index contributed by atoms with van der Waals surface area (Å²) in [5, 5.41) is 3.26. The number of benzene rings is 1. The third-order valence-corrected chi connectivity index (χ3v) is 3.57. The highest BCUT2D eigenvalue weighted by Gasteiger charge is 2.12. The van der Waals surface area contributed by atoms with Crippen LogP contribution in [0, 0.1) is 12.7 Å². The number of ether oxygens (including phenoxy) is 1. The molecule has 0 aliphatic rings. The Morgan fingerprint density at radius 2 is 2.10 bits per heavy atom. The number of nitrogens with zero attached hydrogens (tertiary/aromatic N) is 1.